The van der Waals surface area contributed by atoms with E-state index < -0.39 is 19.8 Å². The summed E-state index contributed by atoms with van der Waals surface area (Å²) in [5, 5.41) is 0.380. The van der Waals surface area contributed by atoms with Crippen LogP contribution in [0.3, 0.4) is 0 Å². The molecule has 0 aliphatic carbocycles. The van der Waals surface area contributed by atoms with Crippen LogP contribution in [0, 0.1) is 5.82 Å². The van der Waals surface area contributed by atoms with Crippen molar-refractivity contribution in [3.8, 4) is 5.75 Å². The molecule has 0 radical (unpaired) electrons. The molecule has 8 heteroatoms. The summed E-state index contributed by atoms with van der Waals surface area (Å²) in [7, 11) is 1.13. The van der Waals surface area contributed by atoms with Gasteiger partial charge in [-0.25, -0.2) is 12.8 Å². The average molecular weight is 336 g/mol. The molecule has 1 aromatic heterocycles. The summed E-state index contributed by atoms with van der Waals surface area (Å²) in [5.74, 6) is -0.771. The maximum atomic E-state index is 13.1. The van der Waals surface area contributed by atoms with Crippen LogP contribution < -0.4 is 4.74 Å². The highest BCUT2D eigenvalue weighted by Gasteiger charge is 2.18. The van der Waals surface area contributed by atoms with E-state index in [1.807, 2.05) is 0 Å². The number of pyridine rings is 1. The summed E-state index contributed by atoms with van der Waals surface area (Å²) < 4.78 is 41.2. The molecule has 20 heavy (non-hydrogen) atoms. The van der Waals surface area contributed by atoms with E-state index in [9.17, 15) is 12.8 Å². The second-order valence-corrected chi connectivity index (χ2v) is 6.73. The summed E-state index contributed by atoms with van der Waals surface area (Å²) >= 11 is 5.90. The molecule has 0 saturated carbocycles. The Hall–Kier alpha value is -1.37. The topological polar surface area (TPSA) is 56.3 Å². The number of benzene rings is 1. The molecule has 1 aromatic carbocycles. The number of hydrogen-bond acceptors (Lipinski definition) is 4. The Balaban J connectivity index is 2.29. The Morgan fingerprint density at radius 2 is 2.05 bits per heavy atom. The molecule has 0 aliphatic heterocycles. The first-order chi connectivity index (χ1) is 9.38. The third-order valence-corrected chi connectivity index (χ3v) is 4.09. The minimum absolute atomic E-state index is 0.00634. The van der Waals surface area contributed by atoms with Crippen LogP contribution in [0.1, 0.15) is 5.56 Å². The standard InChI is InChI=1S/C12H8Cl2FNO3S/c13-10-6-16-4-3-8(10)7-19-11-2-1-9(15)5-12(11)20(14,17)18/h1-6H,7H2. The van der Waals surface area contributed by atoms with Gasteiger partial charge in [0.1, 0.15) is 23.1 Å². The van der Waals surface area contributed by atoms with Gasteiger partial charge in [-0.15, -0.1) is 0 Å². The van der Waals surface area contributed by atoms with Gasteiger partial charge in [0.25, 0.3) is 9.05 Å². The predicted molar refractivity (Wildman–Crippen MR) is 73.0 cm³/mol. The zero-order valence-corrected chi connectivity index (χ0v) is 12.2. The number of halogens is 3. The van der Waals surface area contributed by atoms with Gasteiger partial charge >= 0.3 is 0 Å². The van der Waals surface area contributed by atoms with Crippen molar-refractivity contribution in [2.75, 3.05) is 0 Å². The van der Waals surface area contributed by atoms with Crippen molar-refractivity contribution in [2.24, 2.45) is 0 Å². The normalized spacial score (nSPS) is 11.3. The minimum atomic E-state index is -4.11. The van der Waals surface area contributed by atoms with Crippen molar-refractivity contribution in [1.29, 1.82) is 0 Å². The first kappa shape index (κ1) is 15.0. The number of aromatic nitrogens is 1. The fraction of sp³-hybridized carbons (Fsp3) is 0.0833. The Bertz CT molecular complexity index is 737. The zero-order valence-electron chi connectivity index (χ0n) is 9.89. The van der Waals surface area contributed by atoms with Gasteiger partial charge in [0, 0.05) is 28.6 Å². The lowest BCUT2D eigenvalue weighted by atomic mass is 10.3. The lowest BCUT2D eigenvalue weighted by molar-refractivity contribution is 0.297. The van der Waals surface area contributed by atoms with Crippen LogP contribution in [0.2, 0.25) is 5.02 Å². The average Bonchev–Trinajstić information content (AvgIpc) is 2.38. The van der Waals surface area contributed by atoms with Gasteiger partial charge in [0.15, 0.2) is 0 Å². The molecule has 0 bridgehead atoms. The molecular weight excluding hydrogens is 328 g/mol. The zero-order chi connectivity index (χ0) is 14.8. The molecular formula is C12H8Cl2FNO3S. The molecule has 0 amide bonds. The second kappa shape index (κ2) is 5.95. The molecule has 0 aliphatic rings. The van der Waals surface area contributed by atoms with E-state index in [-0.39, 0.29) is 12.4 Å². The van der Waals surface area contributed by atoms with Crippen molar-refractivity contribution in [3.05, 3.63) is 53.1 Å². The predicted octanol–water partition coefficient (Wildman–Crippen LogP) is 3.38. The summed E-state index contributed by atoms with van der Waals surface area (Å²) in [6.45, 7) is 0.00634. The van der Waals surface area contributed by atoms with Gasteiger partial charge < -0.3 is 4.74 Å². The van der Waals surface area contributed by atoms with Crippen molar-refractivity contribution < 1.29 is 17.5 Å². The van der Waals surface area contributed by atoms with Crippen LogP contribution in [-0.4, -0.2) is 13.4 Å². The fourth-order valence-corrected chi connectivity index (χ4v) is 2.62. The van der Waals surface area contributed by atoms with E-state index in [1.54, 1.807) is 6.07 Å². The van der Waals surface area contributed by atoms with Crippen molar-refractivity contribution in [3.63, 3.8) is 0 Å². The lowest BCUT2D eigenvalue weighted by Gasteiger charge is -2.10. The molecule has 106 valence electrons. The Morgan fingerprint density at radius 1 is 1.30 bits per heavy atom. The van der Waals surface area contributed by atoms with Crippen LogP contribution in [-0.2, 0) is 15.7 Å². The third-order valence-electron chi connectivity index (χ3n) is 2.41. The summed E-state index contributed by atoms with van der Waals surface area (Å²) in [5.41, 5.74) is 0.615. The SMILES string of the molecule is O=S(=O)(Cl)c1cc(F)ccc1OCc1ccncc1Cl. The Kier molecular flexibility index (Phi) is 4.47. The highest BCUT2D eigenvalue weighted by Crippen LogP contribution is 2.29. The quantitative estimate of drug-likeness (QED) is 0.803. The van der Waals surface area contributed by atoms with Crippen LogP contribution in [0.4, 0.5) is 4.39 Å². The monoisotopic (exact) mass is 335 g/mol. The maximum Gasteiger partial charge on any atom is 0.265 e. The molecule has 0 unspecified atom stereocenters. The lowest BCUT2D eigenvalue weighted by Crippen LogP contribution is -2.02. The molecule has 0 atom stereocenters. The van der Waals surface area contributed by atoms with E-state index >= 15 is 0 Å². The maximum absolute atomic E-state index is 13.1. The summed E-state index contributed by atoms with van der Waals surface area (Å²) in [6, 6.07) is 4.70. The van der Waals surface area contributed by atoms with Gasteiger partial charge in [-0.2, -0.15) is 0 Å². The second-order valence-electron chi connectivity index (χ2n) is 3.78. The number of hydrogen-bond donors (Lipinski definition) is 0. The van der Waals surface area contributed by atoms with Crippen LogP contribution in [0.5, 0.6) is 5.75 Å². The Labute approximate surface area is 124 Å². The first-order valence-electron chi connectivity index (χ1n) is 5.33. The number of ether oxygens (including phenoxy) is 1. The number of nitrogens with zero attached hydrogens (tertiary/aromatic N) is 1. The van der Waals surface area contributed by atoms with Gasteiger partial charge in [0.2, 0.25) is 0 Å². The van der Waals surface area contributed by atoms with Crippen LogP contribution in [0.25, 0.3) is 0 Å². The number of rotatable bonds is 4. The van der Waals surface area contributed by atoms with Crippen molar-refractivity contribution in [1.82, 2.24) is 4.98 Å². The Morgan fingerprint density at radius 3 is 2.70 bits per heavy atom. The van der Waals surface area contributed by atoms with Crippen molar-refractivity contribution in [2.45, 2.75) is 11.5 Å². The largest absolute Gasteiger partial charge is 0.487 e. The van der Waals surface area contributed by atoms with E-state index in [1.165, 1.54) is 18.5 Å². The van der Waals surface area contributed by atoms with Crippen molar-refractivity contribution >= 4 is 31.3 Å². The summed E-state index contributed by atoms with van der Waals surface area (Å²) in [6.07, 6.45) is 2.96. The van der Waals surface area contributed by atoms with Gasteiger partial charge in [-0.05, 0) is 24.3 Å². The van der Waals surface area contributed by atoms with E-state index in [0.29, 0.717) is 10.6 Å². The molecule has 2 rings (SSSR count). The molecule has 0 fully saturated rings. The molecule has 4 nitrogen and oxygen atoms in total. The molecule has 2 aromatic rings. The smallest absolute Gasteiger partial charge is 0.265 e. The summed E-state index contributed by atoms with van der Waals surface area (Å²) in [4.78, 5) is 3.39. The van der Waals surface area contributed by atoms with Gasteiger partial charge in [-0.1, -0.05) is 11.6 Å². The first-order valence-corrected chi connectivity index (χ1v) is 8.02. The van der Waals surface area contributed by atoms with Crippen LogP contribution >= 0.6 is 22.3 Å². The van der Waals surface area contributed by atoms with Crippen LogP contribution in [0.15, 0.2) is 41.6 Å². The molecule has 0 saturated heterocycles. The highest BCUT2D eigenvalue weighted by atomic mass is 35.7. The molecule has 0 N–H and O–H groups in total. The third kappa shape index (κ3) is 3.59. The van der Waals surface area contributed by atoms with Gasteiger partial charge in [0.05, 0.1) is 5.02 Å². The van der Waals surface area contributed by atoms with Gasteiger partial charge in [-0.3, -0.25) is 4.98 Å². The molecule has 0 spiro atoms. The van der Waals surface area contributed by atoms with E-state index in [2.05, 4.69) is 4.98 Å². The molecule has 1 heterocycles. The fourth-order valence-electron chi connectivity index (χ4n) is 1.47. The minimum Gasteiger partial charge on any atom is -0.487 e. The highest BCUT2D eigenvalue weighted by molar-refractivity contribution is 8.13. The van der Waals surface area contributed by atoms with E-state index in [0.717, 1.165) is 12.1 Å². The van der Waals surface area contributed by atoms with E-state index in [4.69, 9.17) is 27.0 Å².